The Labute approximate surface area is 66.8 Å². The molecule has 0 saturated carbocycles. The molecule has 0 aliphatic carbocycles. The van der Waals surface area contributed by atoms with Crippen molar-refractivity contribution in [3.63, 3.8) is 0 Å². The van der Waals surface area contributed by atoms with Gasteiger partial charge in [-0.15, -0.1) is 0 Å². The van der Waals surface area contributed by atoms with Crippen molar-refractivity contribution in [3.8, 4) is 0 Å². The van der Waals surface area contributed by atoms with E-state index >= 15 is 0 Å². The van der Waals surface area contributed by atoms with Gasteiger partial charge in [-0.05, 0) is 20.3 Å². The van der Waals surface area contributed by atoms with Gasteiger partial charge in [-0.3, -0.25) is 0 Å². The molecular formula is C9H24O. The van der Waals surface area contributed by atoms with Crippen LogP contribution in [0, 0.1) is 0 Å². The van der Waals surface area contributed by atoms with E-state index in [1.807, 2.05) is 0 Å². The zero-order chi connectivity index (χ0) is 6.41. The molecule has 0 aliphatic heterocycles. The van der Waals surface area contributed by atoms with E-state index in [-0.39, 0.29) is 14.9 Å². The lowest BCUT2D eigenvalue weighted by Crippen LogP contribution is -2.02. The minimum atomic E-state index is 0. The molecule has 0 fully saturated rings. The minimum absolute atomic E-state index is 0. The number of ether oxygens (including phenoxy) is 1. The van der Waals surface area contributed by atoms with Crippen LogP contribution in [-0.2, 0) is 4.74 Å². The lowest BCUT2D eigenvalue weighted by atomic mass is 10.3. The van der Waals surface area contributed by atoms with Crippen LogP contribution < -0.4 is 0 Å². The Morgan fingerprint density at radius 2 is 1.70 bits per heavy atom. The van der Waals surface area contributed by atoms with Crippen LogP contribution in [0.5, 0.6) is 0 Å². The fourth-order valence-electron chi connectivity index (χ4n) is 0.463. The number of hydrogen-bond acceptors (Lipinski definition) is 1. The van der Waals surface area contributed by atoms with Gasteiger partial charge in [0.1, 0.15) is 0 Å². The molecule has 1 nitrogen and oxygen atoms in total. The number of unbranched alkanes of at least 4 members (excludes halogenated alkanes) is 1. The average molecular weight is 148 g/mol. The molecule has 0 radical (unpaired) electrons. The molecule has 0 aromatic heterocycles. The Hall–Kier alpha value is -0.0400. The molecule has 0 rings (SSSR count). The first-order valence-electron chi connectivity index (χ1n) is 3.39. The molecule has 0 amide bonds. The van der Waals surface area contributed by atoms with E-state index in [0.717, 1.165) is 6.61 Å². The Bertz CT molecular complexity index is 42.0. The minimum Gasteiger partial charge on any atom is -0.379 e. The highest BCUT2D eigenvalue weighted by Gasteiger charge is 1.89. The normalized spacial score (nSPS) is 8.40. The van der Waals surface area contributed by atoms with Gasteiger partial charge >= 0.3 is 0 Å². The van der Waals surface area contributed by atoms with Gasteiger partial charge < -0.3 is 4.74 Å². The van der Waals surface area contributed by atoms with Gasteiger partial charge in [-0.25, -0.2) is 0 Å². The molecular weight excluding hydrogens is 124 g/mol. The average Bonchev–Trinajstić information content (AvgIpc) is 1.66. The highest BCUT2D eigenvalue weighted by molar-refractivity contribution is 4.36. The van der Waals surface area contributed by atoms with Crippen molar-refractivity contribution in [2.24, 2.45) is 0 Å². The maximum atomic E-state index is 5.28. The maximum Gasteiger partial charge on any atom is 0.0518 e. The number of rotatable bonds is 4. The van der Waals surface area contributed by atoms with Crippen molar-refractivity contribution in [2.45, 2.75) is 54.6 Å². The van der Waals surface area contributed by atoms with Gasteiger partial charge in [0.05, 0.1) is 6.10 Å². The predicted octanol–water partition coefficient (Wildman–Crippen LogP) is 3.48. The molecule has 0 spiro atoms. The van der Waals surface area contributed by atoms with E-state index in [4.69, 9.17) is 4.74 Å². The second kappa shape index (κ2) is 11.7. The highest BCUT2D eigenvalue weighted by Crippen LogP contribution is 1.91. The Balaban J connectivity index is -0.000000245. The second-order valence-electron chi connectivity index (χ2n) is 2.27. The van der Waals surface area contributed by atoms with Crippen LogP contribution in [-0.4, -0.2) is 12.7 Å². The summed E-state index contributed by atoms with van der Waals surface area (Å²) in [5.41, 5.74) is 0. The smallest absolute Gasteiger partial charge is 0.0518 e. The van der Waals surface area contributed by atoms with Gasteiger partial charge in [0.2, 0.25) is 0 Å². The molecule has 0 N–H and O–H groups in total. The first kappa shape index (κ1) is 16.5. The van der Waals surface area contributed by atoms with Crippen LogP contribution in [0.4, 0.5) is 0 Å². The van der Waals surface area contributed by atoms with Crippen molar-refractivity contribution in [1.82, 2.24) is 0 Å². The zero-order valence-electron chi connectivity index (χ0n) is 6.11. The summed E-state index contributed by atoms with van der Waals surface area (Å²) in [4.78, 5) is 0. The van der Waals surface area contributed by atoms with Crippen molar-refractivity contribution < 1.29 is 4.74 Å². The van der Waals surface area contributed by atoms with Crippen LogP contribution in [0.25, 0.3) is 0 Å². The molecule has 0 aliphatic rings. The standard InChI is InChI=1S/C7H16O.2CH4/c1-4-5-6-8-7(2)3;;/h7H,4-6H2,1-3H3;2*1H4. The van der Waals surface area contributed by atoms with E-state index in [2.05, 4.69) is 20.8 Å². The first-order valence-corrected chi connectivity index (χ1v) is 3.39. The lowest BCUT2D eigenvalue weighted by molar-refractivity contribution is 0.0767. The summed E-state index contributed by atoms with van der Waals surface area (Å²) in [6.45, 7) is 7.23. The third-order valence-corrected chi connectivity index (χ3v) is 0.949. The maximum absolute atomic E-state index is 5.28. The summed E-state index contributed by atoms with van der Waals surface area (Å²) in [6, 6.07) is 0. The summed E-state index contributed by atoms with van der Waals surface area (Å²) < 4.78 is 5.28. The Morgan fingerprint density at radius 1 is 1.20 bits per heavy atom. The molecule has 66 valence electrons. The van der Waals surface area contributed by atoms with Crippen LogP contribution in [0.2, 0.25) is 0 Å². The summed E-state index contributed by atoms with van der Waals surface area (Å²) in [6.07, 6.45) is 2.83. The van der Waals surface area contributed by atoms with Crippen molar-refractivity contribution >= 4 is 0 Å². The third kappa shape index (κ3) is 15.7. The zero-order valence-corrected chi connectivity index (χ0v) is 6.11. The van der Waals surface area contributed by atoms with Crippen LogP contribution >= 0.6 is 0 Å². The molecule has 0 saturated heterocycles. The SMILES string of the molecule is C.C.CCCCOC(C)C. The van der Waals surface area contributed by atoms with Crippen molar-refractivity contribution in [1.29, 1.82) is 0 Å². The van der Waals surface area contributed by atoms with Gasteiger partial charge in [0.15, 0.2) is 0 Å². The van der Waals surface area contributed by atoms with Crippen molar-refractivity contribution in [3.05, 3.63) is 0 Å². The topological polar surface area (TPSA) is 9.23 Å². The molecule has 0 aromatic rings. The van der Waals surface area contributed by atoms with E-state index in [9.17, 15) is 0 Å². The Morgan fingerprint density at radius 3 is 2.00 bits per heavy atom. The molecule has 0 aromatic carbocycles. The first-order chi connectivity index (χ1) is 3.77. The lowest BCUT2D eigenvalue weighted by Gasteiger charge is -2.04. The number of hydrogen-bond donors (Lipinski definition) is 0. The monoisotopic (exact) mass is 148 g/mol. The van der Waals surface area contributed by atoms with E-state index in [1.54, 1.807) is 0 Å². The summed E-state index contributed by atoms with van der Waals surface area (Å²) >= 11 is 0. The second-order valence-corrected chi connectivity index (χ2v) is 2.27. The van der Waals surface area contributed by atoms with Gasteiger partial charge in [-0.2, -0.15) is 0 Å². The fourth-order valence-corrected chi connectivity index (χ4v) is 0.463. The van der Waals surface area contributed by atoms with Gasteiger partial charge in [0, 0.05) is 6.61 Å². The molecule has 0 atom stereocenters. The van der Waals surface area contributed by atoms with Crippen LogP contribution in [0.1, 0.15) is 48.5 Å². The quantitative estimate of drug-likeness (QED) is 0.555. The molecule has 10 heavy (non-hydrogen) atoms. The highest BCUT2D eigenvalue weighted by atomic mass is 16.5. The Kier molecular flexibility index (Phi) is 19.3. The summed E-state index contributed by atoms with van der Waals surface area (Å²) in [5.74, 6) is 0. The van der Waals surface area contributed by atoms with Crippen molar-refractivity contribution in [2.75, 3.05) is 6.61 Å². The molecule has 1 heteroatoms. The van der Waals surface area contributed by atoms with Crippen LogP contribution in [0.3, 0.4) is 0 Å². The van der Waals surface area contributed by atoms with E-state index in [1.165, 1.54) is 12.8 Å². The van der Waals surface area contributed by atoms with E-state index in [0.29, 0.717) is 6.10 Å². The third-order valence-electron chi connectivity index (χ3n) is 0.949. The molecule has 0 unspecified atom stereocenters. The van der Waals surface area contributed by atoms with E-state index < -0.39 is 0 Å². The van der Waals surface area contributed by atoms with Crippen LogP contribution in [0.15, 0.2) is 0 Å². The summed E-state index contributed by atoms with van der Waals surface area (Å²) in [5, 5.41) is 0. The summed E-state index contributed by atoms with van der Waals surface area (Å²) in [7, 11) is 0. The van der Waals surface area contributed by atoms with Gasteiger partial charge in [-0.1, -0.05) is 28.2 Å². The largest absolute Gasteiger partial charge is 0.379 e. The predicted molar refractivity (Wildman–Crippen MR) is 49.5 cm³/mol. The fraction of sp³-hybridized carbons (Fsp3) is 1.00. The van der Waals surface area contributed by atoms with Gasteiger partial charge in [0.25, 0.3) is 0 Å². The molecule has 0 bridgehead atoms. The molecule has 0 heterocycles.